The van der Waals surface area contributed by atoms with Crippen molar-refractivity contribution in [1.29, 1.82) is 0 Å². The number of hydrazone groups is 1. The SMILES string of the molecule is CN/N=C\C(C)OCCC1CN(C(=O)c2ccc(Cl)cc2-c2cc(C(=O)Nc3ccc(O)cc3)c(C)n2C)Cc2ccccc21. The average Bonchev–Trinajstić information content (AvgIpc) is 3.34. The van der Waals surface area contributed by atoms with Crippen LogP contribution >= 0.6 is 11.6 Å². The highest BCUT2D eigenvalue weighted by Gasteiger charge is 2.30. The van der Waals surface area contributed by atoms with E-state index in [4.69, 9.17) is 16.3 Å². The first-order chi connectivity index (χ1) is 21.7. The van der Waals surface area contributed by atoms with Gasteiger partial charge in [-0.2, -0.15) is 5.10 Å². The van der Waals surface area contributed by atoms with Crippen molar-refractivity contribution in [2.24, 2.45) is 12.1 Å². The highest BCUT2D eigenvalue weighted by molar-refractivity contribution is 6.31. The molecule has 2 unspecified atom stereocenters. The van der Waals surface area contributed by atoms with Gasteiger partial charge in [0.25, 0.3) is 11.8 Å². The monoisotopic (exact) mass is 627 g/mol. The van der Waals surface area contributed by atoms with Gasteiger partial charge in [-0.25, -0.2) is 0 Å². The number of benzene rings is 3. The average molecular weight is 628 g/mol. The van der Waals surface area contributed by atoms with E-state index >= 15 is 0 Å². The molecular formula is C35H38ClN5O4. The van der Waals surface area contributed by atoms with Crippen molar-refractivity contribution < 1.29 is 19.4 Å². The standard InChI is InChI=1S/C35H38ClN5O4/c1-22(19-38-37-3)45-16-15-25-21-41(20-24-7-5-6-8-29(24)25)35(44)30-14-9-26(36)17-32(30)33-18-31(23(2)40(33)4)34(43)39-27-10-12-28(42)13-11-27/h5-14,17-19,22,25,37,42H,15-16,20-21H2,1-4H3,(H,39,43)/b38-19-. The Bertz CT molecular complexity index is 1720. The number of aromatic hydroxyl groups is 1. The van der Waals surface area contributed by atoms with E-state index in [1.807, 2.05) is 42.5 Å². The lowest BCUT2D eigenvalue weighted by Crippen LogP contribution is -2.39. The zero-order chi connectivity index (χ0) is 32.1. The summed E-state index contributed by atoms with van der Waals surface area (Å²) in [6, 6.07) is 21.6. The van der Waals surface area contributed by atoms with Crippen LogP contribution in [0.4, 0.5) is 5.69 Å². The van der Waals surface area contributed by atoms with E-state index in [1.165, 1.54) is 17.7 Å². The van der Waals surface area contributed by atoms with Crippen LogP contribution in [-0.4, -0.2) is 58.9 Å². The summed E-state index contributed by atoms with van der Waals surface area (Å²) < 4.78 is 7.87. The number of phenolic OH excluding ortho intramolecular Hbond substituents is 1. The normalized spacial score (nSPS) is 15.1. The van der Waals surface area contributed by atoms with Crippen molar-refractivity contribution in [3.63, 3.8) is 0 Å². The Morgan fingerprint density at radius 2 is 1.87 bits per heavy atom. The second kappa shape index (κ2) is 14.0. The van der Waals surface area contributed by atoms with Crippen LogP contribution in [0.3, 0.4) is 0 Å². The van der Waals surface area contributed by atoms with Crippen LogP contribution in [-0.2, 0) is 18.3 Å². The van der Waals surface area contributed by atoms with Gasteiger partial charge in [-0.3, -0.25) is 9.59 Å². The van der Waals surface area contributed by atoms with Crippen LogP contribution in [0.15, 0.2) is 77.9 Å². The number of carbonyl (C=O) groups is 2. The number of carbonyl (C=O) groups excluding carboxylic acids is 2. The van der Waals surface area contributed by atoms with E-state index in [0.717, 1.165) is 17.7 Å². The first-order valence-electron chi connectivity index (χ1n) is 14.9. The lowest BCUT2D eigenvalue weighted by Gasteiger charge is -2.35. The largest absolute Gasteiger partial charge is 0.508 e. The molecule has 0 aliphatic carbocycles. The number of aromatic nitrogens is 1. The van der Waals surface area contributed by atoms with E-state index < -0.39 is 0 Å². The summed E-state index contributed by atoms with van der Waals surface area (Å²) in [6.45, 7) is 5.38. The van der Waals surface area contributed by atoms with E-state index in [-0.39, 0.29) is 29.6 Å². The molecule has 2 atom stereocenters. The fourth-order valence-corrected chi connectivity index (χ4v) is 5.92. The number of hydrogen-bond donors (Lipinski definition) is 3. The minimum atomic E-state index is -0.292. The van der Waals surface area contributed by atoms with Gasteiger partial charge >= 0.3 is 0 Å². The van der Waals surface area contributed by atoms with Crippen LogP contribution in [0.5, 0.6) is 5.75 Å². The molecule has 10 heteroatoms. The molecule has 2 heterocycles. The van der Waals surface area contributed by atoms with Crippen LogP contribution in [0.25, 0.3) is 11.3 Å². The number of hydrogen-bond acceptors (Lipinski definition) is 6. The molecule has 0 radical (unpaired) electrons. The number of ether oxygens (including phenoxy) is 1. The molecular weight excluding hydrogens is 590 g/mol. The third kappa shape index (κ3) is 7.21. The van der Waals surface area contributed by atoms with Crippen LogP contribution in [0.2, 0.25) is 5.02 Å². The Hall–Kier alpha value is -4.60. The van der Waals surface area contributed by atoms with Gasteiger partial charge in [0.2, 0.25) is 0 Å². The first-order valence-corrected chi connectivity index (χ1v) is 15.3. The van der Waals surface area contributed by atoms with E-state index in [9.17, 15) is 14.7 Å². The van der Waals surface area contributed by atoms with Crippen LogP contribution < -0.4 is 10.7 Å². The zero-order valence-electron chi connectivity index (χ0n) is 25.9. The fraction of sp³-hybridized carbons (Fsp3) is 0.286. The van der Waals surface area contributed by atoms with Gasteiger partial charge in [-0.15, -0.1) is 0 Å². The third-order valence-corrected chi connectivity index (χ3v) is 8.47. The Morgan fingerprint density at radius 3 is 2.62 bits per heavy atom. The number of halogens is 1. The molecule has 2 amide bonds. The van der Waals surface area contributed by atoms with Crippen molar-refractivity contribution >= 4 is 35.3 Å². The molecule has 0 bridgehead atoms. The molecule has 3 N–H and O–H groups in total. The smallest absolute Gasteiger partial charge is 0.257 e. The molecule has 0 spiro atoms. The number of nitrogens with zero attached hydrogens (tertiary/aromatic N) is 3. The highest BCUT2D eigenvalue weighted by Crippen LogP contribution is 2.35. The van der Waals surface area contributed by atoms with Crippen molar-refractivity contribution in [3.05, 3.63) is 106 Å². The molecule has 0 saturated heterocycles. The fourth-order valence-electron chi connectivity index (χ4n) is 5.75. The highest BCUT2D eigenvalue weighted by atomic mass is 35.5. The summed E-state index contributed by atoms with van der Waals surface area (Å²) in [5.41, 5.74) is 8.73. The summed E-state index contributed by atoms with van der Waals surface area (Å²) in [4.78, 5) is 29.4. The Balaban J connectivity index is 1.41. The Morgan fingerprint density at radius 1 is 1.11 bits per heavy atom. The molecule has 1 aliphatic rings. The molecule has 9 nitrogen and oxygen atoms in total. The van der Waals surface area contributed by atoms with Gasteiger partial charge < -0.3 is 30.1 Å². The van der Waals surface area contributed by atoms with Gasteiger partial charge in [0, 0.05) is 72.9 Å². The zero-order valence-corrected chi connectivity index (χ0v) is 26.6. The summed E-state index contributed by atoms with van der Waals surface area (Å²) in [7, 11) is 3.61. The molecule has 1 aromatic heterocycles. The molecule has 234 valence electrons. The van der Waals surface area contributed by atoms with E-state index in [1.54, 1.807) is 49.7 Å². The summed E-state index contributed by atoms with van der Waals surface area (Å²) in [6.07, 6.45) is 2.34. The van der Waals surface area contributed by atoms with Gasteiger partial charge in [0.15, 0.2) is 0 Å². The summed E-state index contributed by atoms with van der Waals surface area (Å²) in [5, 5.41) is 17.0. The topological polar surface area (TPSA) is 108 Å². The molecule has 3 aromatic carbocycles. The number of amides is 2. The van der Waals surface area contributed by atoms with Crippen LogP contribution in [0, 0.1) is 6.92 Å². The van der Waals surface area contributed by atoms with Gasteiger partial charge in [-0.1, -0.05) is 35.9 Å². The Labute approximate surface area is 268 Å². The minimum Gasteiger partial charge on any atom is -0.508 e. The van der Waals surface area contributed by atoms with Crippen molar-refractivity contribution in [1.82, 2.24) is 14.9 Å². The lowest BCUT2D eigenvalue weighted by atomic mass is 9.87. The van der Waals surface area contributed by atoms with Gasteiger partial charge in [0.1, 0.15) is 5.75 Å². The molecule has 0 saturated carbocycles. The maximum Gasteiger partial charge on any atom is 0.257 e. The molecule has 5 rings (SSSR count). The summed E-state index contributed by atoms with van der Waals surface area (Å²) >= 11 is 6.48. The predicted octanol–water partition coefficient (Wildman–Crippen LogP) is 6.35. The second-order valence-corrected chi connectivity index (χ2v) is 11.7. The number of nitrogens with one attached hydrogen (secondary N) is 2. The molecule has 45 heavy (non-hydrogen) atoms. The molecule has 1 aliphatic heterocycles. The van der Waals surface area contributed by atoms with Gasteiger partial charge in [0.05, 0.1) is 17.9 Å². The first kappa shape index (κ1) is 31.8. The molecule has 4 aromatic rings. The number of phenols is 1. The summed E-state index contributed by atoms with van der Waals surface area (Å²) in [5.74, 6) is -0.175. The number of fused-ring (bicyclic) bond motifs is 1. The van der Waals surface area contributed by atoms with Crippen molar-refractivity contribution in [2.45, 2.75) is 38.8 Å². The lowest BCUT2D eigenvalue weighted by molar-refractivity contribution is 0.0682. The minimum absolute atomic E-state index is 0.106. The number of rotatable bonds is 10. The van der Waals surface area contributed by atoms with Crippen molar-refractivity contribution in [3.8, 4) is 17.0 Å². The molecule has 0 fully saturated rings. The van der Waals surface area contributed by atoms with Crippen molar-refractivity contribution in [2.75, 3.05) is 25.5 Å². The maximum atomic E-state index is 14.3. The van der Waals surface area contributed by atoms with Crippen LogP contribution in [0.1, 0.15) is 56.8 Å². The number of anilines is 1. The second-order valence-electron chi connectivity index (χ2n) is 11.2. The van der Waals surface area contributed by atoms with Gasteiger partial charge in [-0.05, 0) is 79.9 Å². The van der Waals surface area contributed by atoms with E-state index in [0.29, 0.717) is 52.8 Å². The maximum absolute atomic E-state index is 14.3. The third-order valence-electron chi connectivity index (χ3n) is 8.24. The quantitative estimate of drug-likeness (QED) is 0.108. The Kier molecular flexibility index (Phi) is 9.90. The van der Waals surface area contributed by atoms with E-state index in [2.05, 4.69) is 28.0 Å². The predicted molar refractivity (Wildman–Crippen MR) is 178 cm³/mol.